The van der Waals surface area contributed by atoms with Gasteiger partial charge in [0, 0.05) is 19.1 Å². The first-order chi connectivity index (χ1) is 8.63. The van der Waals surface area contributed by atoms with E-state index in [1.54, 1.807) is 18.2 Å². The van der Waals surface area contributed by atoms with Crippen molar-refractivity contribution in [2.24, 2.45) is 0 Å². The lowest BCUT2D eigenvalue weighted by molar-refractivity contribution is 0.233. The molecule has 0 saturated heterocycles. The van der Waals surface area contributed by atoms with Crippen LogP contribution in [0.5, 0.6) is 11.5 Å². The third-order valence-corrected chi connectivity index (χ3v) is 2.55. The lowest BCUT2D eigenvalue weighted by Gasteiger charge is -2.09. The van der Waals surface area contributed by atoms with Crippen LogP contribution in [-0.4, -0.2) is 24.9 Å². The second-order valence-corrected chi connectivity index (χ2v) is 4.74. The molecule has 18 heavy (non-hydrogen) atoms. The fraction of sp³-hybridized carbons (Fsp3) is 0.333. The van der Waals surface area contributed by atoms with Crippen molar-refractivity contribution in [3.8, 4) is 11.5 Å². The average molecular weight is 312 g/mol. The van der Waals surface area contributed by atoms with Crippen LogP contribution in [0, 0.1) is 0 Å². The van der Waals surface area contributed by atoms with Crippen LogP contribution in [0.1, 0.15) is 6.42 Å². The SMILES string of the molecule is OCCCOc1ccc(OCC=C(Cl)Cl)cc1Cl. The Hall–Kier alpha value is -0.610. The predicted molar refractivity (Wildman–Crippen MR) is 73.9 cm³/mol. The van der Waals surface area contributed by atoms with E-state index in [-0.39, 0.29) is 17.7 Å². The average Bonchev–Trinajstić information content (AvgIpc) is 2.31. The summed E-state index contributed by atoms with van der Waals surface area (Å²) in [6.07, 6.45) is 2.09. The summed E-state index contributed by atoms with van der Waals surface area (Å²) in [7, 11) is 0. The third-order valence-electron chi connectivity index (χ3n) is 1.95. The van der Waals surface area contributed by atoms with Gasteiger partial charge in [-0.25, -0.2) is 0 Å². The quantitative estimate of drug-likeness (QED) is 0.778. The van der Waals surface area contributed by atoms with Crippen molar-refractivity contribution in [2.75, 3.05) is 19.8 Å². The number of benzene rings is 1. The number of halogens is 3. The van der Waals surface area contributed by atoms with Gasteiger partial charge >= 0.3 is 0 Å². The summed E-state index contributed by atoms with van der Waals surface area (Å²) in [6.45, 7) is 0.773. The summed E-state index contributed by atoms with van der Waals surface area (Å²) >= 11 is 16.9. The molecule has 0 spiro atoms. The largest absolute Gasteiger partial charge is 0.492 e. The molecule has 0 aromatic heterocycles. The highest BCUT2D eigenvalue weighted by Gasteiger charge is 2.03. The van der Waals surface area contributed by atoms with Gasteiger partial charge in [0.25, 0.3) is 0 Å². The molecule has 100 valence electrons. The molecule has 0 saturated carbocycles. The van der Waals surface area contributed by atoms with Crippen molar-refractivity contribution in [3.63, 3.8) is 0 Å². The number of hydrogen-bond acceptors (Lipinski definition) is 3. The van der Waals surface area contributed by atoms with Gasteiger partial charge in [0.05, 0.1) is 11.6 Å². The van der Waals surface area contributed by atoms with Crippen molar-refractivity contribution in [1.82, 2.24) is 0 Å². The Balaban J connectivity index is 2.53. The third kappa shape index (κ3) is 5.83. The van der Waals surface area contributed by atoms with Gasteiger partial charge in [-0.1, -0.05) is 34.8 Å². The molecule has 0 amide bonds. The number of hydrogen-bond donors (Lipinski definition) is 1. The van der Waals surface area contributed by atoms with E-state index in [9.17, 15) is 0 Å². The zero-order valence-electron chi connectivity index (χ0n) is 9.54. The molecule has 0 fully saturated rings. The number of ether oxygens (including phenoxy) is 2. The molecule has 3 nitrogen and oxygen atoms in total. The van der Waals surface area contributed by atoms with Crippen molar-refractivity contribution >= 4 is 34.8 Å². The van der Waals surface area contributed by atoms with Crippen molar-refractivity contribution in [3.05, 3.63) is 33.8 Å². The molecule has 1 N–H and O–H groups in total. The summed E-state index contributed by atoms with van der Waals surface area (Å²) in [5, 5.41) is 9.09. The van der Waals surface area contributed by atoms with Gasteiger partial charge in [-0.3, -0.25) is 0 Å². The van der Waals surface area contributed by atoms with Crippen LogP contribution in [-0.2, 0) is 0 Å². The maximum Gasteiger partial charge on any atom is 0.138 e. The lowest BCUT2D eigenvalue weighted by atomic mass is 10.3. The molecule has 0 heterocycles. The topological polar surface area (TPSA) is 38.7 Å². The van der Waals surface area contributed by atoms with E-state index >= 15 is 0 Å². The minimum absolute atomic E-state index is 0.0876. The Morgan fingerprint density at radius 3 is 2.67 bits per heavy atom. The van der Waals surface area contributed by atoms with E-state index in [4.69, 9.17) is 49.4 Å². The molecule has 1 aromatic rings. The monoisotopic (exact) mass is 310 g/mol. The minimum atomic E-state index is 0.0876. The lowest BCUT2D eigenvalue weighted by Crippen LogP contribution is -2.00. The second kappa shape index (κ2) is 8.48. The van der Waals surface area contributed by atoms with Gasteiger partial charge in [0.2, 0.25) is 0 Å². The molecule has 0 aliphatic carbocycles. The van der Waals surface area contributed by atoms with Crippen molar-refractivity contribution < 1.29 is 14.6 Å². The summed E-state index contributed by atoms with van der Waals surface area (Å²) in [4.78, 5) is 0. The molecule has 1 rings (SSSR count). The van der Waals surface area contributed by atoms with E-state index in [1.165, 1.54) is 6.08 Å². The van der Waals surface area contributed by atoms with Crippen LogP contribution in [0.15, 0.2) is 28.8 Å². The van der Waals surface area contributed by atoms with Crippen LogP contribution >= 0.6 is 34.8 Å². The van der Waals surface area contributed by atoms with Crippen LogP contribution < -0.4 is 9.47 Å². The van der Waals surface area contributed by atoms with E-state index in [1.807, 2.05) is 0 Å². The van der Waals surface area contributed by atoms with Gasteiger partial charge < -0.3 is 14.6 Å². The van der Waals surface area contributed by atoms with E-state index in [2.05, 4.69) is 0 Å². The maximum atomic E-state index is 8.64. The highest BCUT2D eigenvalue weighted by atomic mass is 35.5. The summed E-state index contributed by atoms with van der Waals surface area (Å²) in [6, 6.07) is 5.09. The Bertz CT molecular complexity index is 404. The highest BCUT2D eigenvalue weighted by Crippen LogP contribution is 2.29. The first kappa shape index (κ1) is 15.4. The molecule has 6 heteroatoms. The molecule has 0 unspecified atom stereocenters. The van der Waals surface area contributed by atoms with Gasteiger partial charge in [-0.2, -0.15) is 0 Å². The van der Waals surface area contributed by atoms with Gasteiger partial charge in [0.1, 0.15) is 22.6 Å². The number of aliphatic hydroxyl groups excluding tert-OH is 1. The molecular formula is C12H13Cl3O3. The Morgan fingerprint density at radius 1 is 1.28 bits per heavy atom. The smallest absolute Gasteiger partial charge is 0.138 e. The van der Waals surface area contributed by atoms with E-state index in [0.717, 1.165) is 0 Å². The second-order valence-electron chi connectivity index (χ2n) is 3.32. The van der Waals surface area contributed by atoms with Crippen LogP contribution in [0.4, 0.5) is 0 Å². The highest BCUT2D eigenvalue weighted by molar-refractivity contribution is 6.55. The molecule has 1 aromatic carbocycles. The maximum absolute atomic E-state index is 8.64. The Kier molecular flexibility index (Phi) is 7.28. The molecule has 0 radical (unpaired) electrons. The van der Waals surface area contributed by atoms with Crippen molar-refractivity contribution in [1.29, 1.82) is 0 Å². The summed E-state index contributed by atoms with van der Waals surface area (Å²) < 4.78 is 10.9. The number of rotatable bonds is 7. The summed E-state index contributed by atoms with van der Waals surface area (Å²) in [5.41, 5.74) is 0. The normalized spacial score (nSPS) is 10.0. The van der Waals surface area contributed by atoms with Crippen LogP contribution in [0.3, 0.4) is 0 Å². The molecular weight excluding hydrogens is 298 g/mol. The predicted octanol–water partition coefficient (Wildman–Crippen LogP) is 3.80. The Morgan fingerprint density at radius 2 is 2.06 bits per heavy atom. The number of aliphatic hydroxyl groups is 1. The standard InChI is InChI=1S/C12H13Cl3O3/c13-10-8-9(17-7-4-12(14)15)2-3-11(10)18-6-1-5-16/h2-4,8,16H,1,5-7H2. The van der Waals surface area contributed by atoms with Crippen molar-refractivity contribution in [2.45, 2.75) is 6.42 Å². The van der Waals surface area contributed by atoms with E-state index in [0.29, 0.717) is 29.5 Å². The van der Waals surface area contributed by atoms with Crippen LogP contribution in [0.25, 0.3) is 0 Å². The van der Waals surface area contributed by atoms with Gasteiger partial charge in [-0.05, 0) is 18.2 Å². The van der Waals surface area contributed by atoms with Gasteiger partial charge in [-0.15, -0.1) is 0 Å². The van der Waals surface area contributed by atoms with Gasteiger partial charge in [0.15, 0.2) is 0 Å². The first-order valence-corrected chi connectivity index (χ1v) is 6.44. The first-order valence-electron chi connectivity index (χ1n) is 5.30. The summed E-state index contributed by atoms with van der Waals surface area (Å²) in [5.74, 6) is 1.16. The fourth-order valence-corrected chi connectivity index (χ4v) is 1.49. The zero-order chi connectivity index (χ0) is 13.4. The Labute approximate surface area is 121 Å². The molecule has 0 aliphatic heterocycles. The molecule has 0 aliphatic rings. The van der Waals surface area contributed by atoms with E-state index < -0.39 is 0 Å². The fourth-order valence-electron chi connectivity index (χ4n) is 1.14. The minimum Gasteiger partial charge on any atom is -0.492 e. The zero-order valence-corrected chi connectivity index (χ0v) is 11.8. The van der Waals surface area contributed by atoms with Crippen LogP contribution in [0.2, 0.25) is 5.02 Å². The molecule has 0 atom stereocenters. The molecule has 0 bridgehead atoms.